The highest BCUT2D eigenvalue weighted by atomic mass is 16.5. The first kappa shape index (κ1) is 17.4. The zero-order chi connectivity index (χ0) is 18.2. The molecule has 0 radical (unpaired) electrons. The van der Waals surface area contributed by atoms with Crippen molar-refractivity contribution < 1.29 is 9.53 Å². The molecule has 0 aliphatic heterocycles. The molecule has 0 unspecified atom stereocenters. The summed E-state index contributed by atoms with van der Waals surface area (Å²) in [5.41, 5.74) is 2.09. The second kappa shape index (κ2) is 8.62. The van der Waals surface area contributed by atoms with Gasteiger partial charge >= 0.3 is 0 Å². The largest absolute Gasteiger partial charge is 0.492 e. The lowest BCUT2D eigenvalue weighted by molar-refractivity contribution is 0.0945. The molecule has 0 saturated carbocycles. The minimum Gasteiger partial charge on any atom is -0.492 e. The van der Waals surface area contributed by atoms with Crippen LogP contribution in [0.2, 0.25) is 0 Å². The van der Waals surface area contributed by atoms with Gasteiger partial charge < -0.3 is 15.4 Å². The summed E-state index contributed by atoms with van der Waals surface area (Å²) in [6, 6.07) is 17.3. The number of nitrogens with one attached hydrogen (secondary N) is 2. The van der Waals surface area contributed by atoms with Crippen LogP contribution in [0.4, 0.5) is 11.5 Å². The molecule has 1 amide bonds. The maximum atomic E-state index is 12.2. The molecule has 2 aromatic carbocycles. The fourth-order valence-electron chi connectivity index (χ4n) is 2.37. The fraction of sp³-hybridized carbons (Fsp3) is 0.150. The van der Waals surface area contributed by atoms with Crippen molar-refractivity contribution in [3.8, 4) is 5.75 Å². The highest BCUT2D eigenvalue weighted by Gasteiger charge is 2.09. The van der Waals surface area contributed by atoms with E-state index in [1.165, 1.54) is 12.4 Å². The van der Waals surface area contributed by atoms with Crippen LogP contribution in [0.1, 0.15) is 23.0 Å². The molecular weight excluding hydrogens is 328 g/mol. The molecule has 2 N–H and O–H groups in total. The van der Waals surface area contributed by atoms with E-state index in [4.69, 9.17) is 4.74 Å². The fourth-order valence-corrected chi connectivity index (χ4v) is 2.37. The molecule has 6 nitrogen and oxygen atoms in total. The Morgan fingerprint density at radius 3 is 2.50 bits per heavy atom. The van der Waals surface area contributed by atoms with Crippen LogP contribution in [0, 0.1) is 0 Å². The molecule has 26 heavy (non-hydrogen) atoms. The molecule has 0 spiro atoms. The zero-order valence-electron chi connectivity index (χ0n) is 14.5. The second-order valence-electron chi connectivity index (χ2n) is 5.51. The SMILES string of the molecule is CCOc1ccccc1Nc1cnc(C(=O)NCc2ccccc2)cn1. The van der Waals surface area contributed by atoms with Crippen molar-refractivity contribution in [2.75, 3.05) is 11.9 Å². The van der Waals surface area contributed by atoms with Crippen LogP contribution in [0.5, 0.6) is 5.75 Å². The molecule has 0 saturated heterocycles. The van der Waals surface area contributed by atoms with Crippen LogP contribution in [0.25, 0.3) is 0 Å². The van der Waals surface area contributed by atoms with Crippen molar-refractivity contribution in [2.45, 2.75) is 13.5 Å². The highest BCUT2D eigenvalue weighted by Crippen LogP contribution is 2.26. The predicted molar refractivity (Wildman–Crippen MR) is 101 cm³/mol. The Hall–Kier alpha value is -3.41. The quantitative estimate of drug-likeness (QED) is 0.683. The summed E-state index contributed by atoms with van der Waals surface area (Å²) in [7, 11) is 0. The number of benzene rings is 2. The van der Waals surface area contributed by atoms with E-state index in [2.05, 4.69) is 20.6 Å². The minimum atomic E-state index is -0.261. The van der Waals surface area contributed by atoms with Gasteiger partial charge in [-0.2, -0.15) is 0 Å². The molecule has 6 heteroatoms. The van der Waals surface area contributed by atoms with E-state index in [0.717, 1.165) is 17.0 Å². The molecule has 3 aromatic rings. The summed E-state index contributed by atoms with van der Waals surface area (Å²) in [5.74, 6) is 1.01. The van der Waals surface area contributed by atoms with Gasteiger partial charge in [-0.1, -0.05) is 42.5 Å². The Balaban J connectivity index is 1.62. The van der Waals surface area contributed by atoms with E-state index in [0.29, 0.717) is 19.0 Å². The molecular formula is C20H20N4O2. The molecule has 3 rings (SSSR count). The molecule has 0 aliphatic carbocycles. The Bertz CT molecular complexity index is 851. The lowest BCUT2D eigenvalue weighted by Crippen LogP contribution is -2.24. The van der Waals surface area contributed by atoms with Crippen molar-refractivity contribution in [2.24, 2.45) is 0 Å². The Kier molecular flexibility index (Phi) is 5.77. The van der Waals surface area contributed by atoms with Crippen LogP contribution in [0.15, 0.2) is 67.0 Å². The first-order valence-corrected chi connectivity index (χ1v) is 8.39. The van der Waals surface area contributed by atoms with Crippen LogP contribution < -0.4 is 15.4 Å². The number of hydrogen-bond acceptors (Lipinski definition) is 5. The first-order valence-electron chi connectivity index (χ1n) is 8.39. The Morgan fingerprint density at radius 2 is 1.77 bits per heavy atom. The Morgan fingerprint density at radius 1 is 1.00 bits per heavy atom. The number of carbonyl (C=O) groups is 1. The lowest BCUT2D eigenvalue weighted by Gasteiger charge is -2.11. The van der Waals surface area contributed by atoms with Crippen LogP contribution in [-0.2, 0) is 6.54 Å². The zero-order valence-corrected chi connectivity index (χ0v) is 14.5. The topological polar surface area (TPSA) is 76.1 Å². The molecule has 132 valence electrons. The van der Waals surface area contributed by atoms with Gasteiger partial charge in [0.1, 0.15) is 17.3 Å². The molecule has 0 atom stereocenters. The third kappa shape index (κ3) is 4.57. The van der Waals surface area contributed by atoms with Crippen LogP contribution >= 0.6 is 0 Å². The molecule has 0 aliphatic rings. The van der Waals surface area contributed by atoms with E-state index in [9.17, 15) is 4.79 Å². The number of aromatic nitrogens is 2. The van der Waals surface area contributed by atoms with Gasteiger partial charge in [0.25, 0.3) is 5.91 Å². The normalized spacial score (nSPS) is 10.2. The first-order chi connectivity index (χ1) is 12.8. The predicted octanol–water partition coefficient (Wildman–Crippen LogP) is 3.55. The van der Waals surface area contributed by atoms with Crippen molar-refractivity contribution >= 4 is 17.4 Å². The number of hydrogen-bond donors (Lipinski definition) is 2. The third-order valence-corrected chi connectivity index (χ3v) is 3.63. The van der Waals surface area contributed by atoms with Gasteiger partial charge in [0.05, 0.1) is 24.7 Å². The summed E-state index contributed by atoms with van der Waals surface area (Å²) >= 11 is 0. The van der Waals surface area contributed by atoms with Crippen molar-refractivity contribution in [1.29, 1.82) is 0 Å². The summed E-state index contributed by atoms with van der Waals surface area (Å²) in [4.78, 5) is 20.6. The molecule has 0 bridgehead atoms. The summed E-state index contributed by atoms with van der Waals surface area (Å²) in [5, 5.41) is 5.98. The van der Waals surface area contributed by atoms with Gasteiger partial charge in [0.2, 0.25) is 0 Å². The average Bonchev–Trinajstić information content (AvgIpc) is 2.69. The van der Waals surface area contributed by atoms with E-state index >= 15 is 0 Å². The summed E-state index contributed by atoms with van der Waals surface area (Å²) < 4.78 is 5.57. The summed E-state index contributed by atoms with van der Waals surface area (Å²) in [6.45, 7) is 2.95. The highest BCUT2D eigenvalue weighted by molar-refractivity contribution is 5.92. The van der Waals surface area contributed by atoms with Gasteiger partial charge in [0, 0.05) is 6.54 Å². The van der Waals surface area contributed by atoms with Gasteiger partial charge in [-0.25, -0.2) is 9.97 Å². The van der Waals surface area contributed by atoms with E-state index in [1.54, 1.807) is 0 Å². The summed E-state index contributed by atoms with van der Waals surface area (Å²) in [6.07, 6.45) is 2.98. The monoisotopic (exact) mass is 348 g/mol. The van der Waals surface area contributed by atoms with Gasteiger partial charge in [0.15, 0.2) is 0 Å². The molecule has 1 heterocycles. The number of para-hydroxylation sites is 2. The maximum Gasteiger partial charge on any atom is 0.271 e. The smallest absolute Gasteiger partial charge is 0.271 e. The van der Waals surface area contributed by atoms with Crippen molar-refractivity contribution in [3.63, 3.8) is 0 Å². The number of nitrogens with zero attached hydrogens (tertiary/aromatic N) is 2. The third-order valence-electron chi connectivity index (χ3n) is 3.63. The van der Waals surface area contributed by atoms with Gasteiger partial charge in [-0.15, -0.1) is 0 Å². The number of carbonyl (C=O) groups excluding carboxylic acids is 1. The van der Waals surface area contributed by atoms with Crippen molar-refractivity contribution in [1.82, 2.24) is 15.3 Å². The number of ether oxygens (including phenoxy) is 1. The van der Waals surface area contributed by atoms with Crippen LogP contribution in [0.3, 0.4) is 0 Å². The van der Waals surface area contributed by atoms with Crippen LogP contribution in [-0.4, -0.2) is 22.5 Å². The number of anilines is 2. The molecule has 0 fully saturated rings. The standard InChI is InChI=1S/C20H20N4O2/c1-2-26-18-11-7-6-10-16(18)24-19-14-21-17(13-22-19)20(25)23-12-15-8-4-3-5-9-15/h3-11,13-14H,2,12H2,1H3,(H,22,24)(H,23,25). The van der Waals surface area contributed by atoms with Crippen molar-refractivity contribution in [3.05, 3.63) is 78.2 Å². The van der Waals surface area contributed by atoms with Gasteiger partial charge in [-0.05, 0) is 24.6 Å². The Labute approximate surface area is 152 Å². The maximum absolute atomic E-state index is 12.2. The van der Waals surface area contributed by atoms with E-state index < -0.39 is 0 Å². The average molecular weight is 348 g/mol. The second-order valence-corrected chi connectivity index (χ2v) is 5.51. The van der Waals surface area contributed by atoms with E-state index in [1.807, 2.05) is 61.5 Å². The number of amides is 1. The minimum absolute atomic E-state index is 0.261. The lowest BCUT2D eigenvalue weighted by atomic mass is 10.2. The number of rotatable bonds is 7. The van der Waals surface area contributed by atoms with Gasteiger partial charge in [-0.3, -0.25) is 4.79 Å². The van der Waals surface area contributed by atoms with E-state index in [-0.39, 0.29) is 11.6 Å². The molecule has 1 aromatic heterocycles.